The van der Waals surface area contributed by atoms with E-state index in [1.165, 1.54) is 0 Å². The minimum atomic E-state index is -1.02. The Labute approximate surface area is 186 Å². The molecule has 1 aliphatic carbocycles. The van der Waals surface area contributed by atoms with Crippen molar-refractivity contribution in [3.63, 3.8) is 0 Å². The van der Waals surface area contributed by atoms with E-state index >= 15 is 0 Å². The van der Waals surface area contributed by atoms with Crippen molar-refractivity contribution in [1.82, 2.24) is 20.2 Å². The number of anilines is 1. The molecule has 0 radical (unpaired) electrons. The summed E-state index contributed by atoms with van der Waals surface area (Å²) in [5.41, 5.74) is 7.17. The van der Waals surface area contributed by atoms with Crippen LogP contribution in [0.4, 0.5) is 5.82 Å². The van der Waals surface area contributed by atoms with Gasteiger partial charge in [0.2, 0.25) is 0 Å². The van der Waals surface area contributed by atoms with Gasteiger partial charge in [-0.1, -0.05) is 24.3 Å². The number of pyridine rings is 1. The molecule has 2 aliphatic rings. The van der Waals surface area contributed by atoms with Gasteiger partial charge in [-0.2, -0.15) is 0 Å². The van der Waals surface area contributed by atoms with E-state index in [1.807, 2.05) is 36.4 Å². The maximum atomic E-state index is 12.5. The van der Waals surface area contributed by atoms with Gasteiger partial charge in [-0.15, -0.1) is 0 Å². The number of aromatic nitrogens is 2. The van der Waals surface area contributed by atoms with Crippen LogP contribution in [0.15, 0.2) is 48.7 Å². The first kappa shape index (κ1) is 20.9. The predicted molar refractivity (Wildman–Crippen MR) is 122 cm³/mol. The van der Waals surface area contributed by atoms with Gasteiger partial charge in [-0.3, -0.25) is 9.69 Å². The van der Waals surface area contributed by atoms with Crippen LogP contribution in [0.5, 0.6) is 0 Å². The van der Waals surface area contributed by atoms with Gasteiger partial charge >= 0.3 is 0 Å². The number of H-pyrrole nitrogens is 1. The number of nitrogens with zero attached hydrogens (tertiary/aromatic N) is 2. The van der Waals surface area contributed by atoms with E-state index in [0.717, 1.165) is 29.4 Å². The summed E-state index contributed by atoms with van der Waals surface area (Å²) in [6.45, 7) is 4.01. The number of carbonyl (C=O) groups is 1. The normalized spacial score (nSPS) is 28.0. The Hall–Kier alpha value is -2.94. The number of nitrogen functional groups attached to an aromatic ring is 1. The lowest BCUT2D eigenvalue weighted by atomic mass is 10.1. The molecular weight excluding hydrogens is 406 g/mol. The van der Waals surface area contributed by atoms with Crippen molar-refractivity contribution in [2.75, 3.05) is 32.0 Å². The summed E-state index contributed by atoms with van der Waals surface area (Å²) < 4.78 is 5.90. The molecule has 2 aromatic heterocycles. The van der Waals surface area contributed by atoms with E-state index in [-0.39, 0.29) is 18.6 Å². The molecule has 168 valence electrons. The number of aliphatic hydroxyl groups is 1. The SMILES string of the molecule is C[C@]1(O)CO[C@@H](c2ccc(N)nc2)CN1CC1CC1CNC(=O)c1cc2ccccc2[nH]1. The summed E-state index contributed by atoms with van der Waals surface area (Å²) in [4.78, 5) is 22.0. The van der Waals surface area contributed by atoms with Gasteiger partial charge in [0.25, 0.3) is 5.91 Å². The maximum absolute atomic E-state index is 12.5. The van der Waals surface area contributed by atoms with Gasteiger partial charge in [0.05, 0.1) is 12.7 Å². The molecule has 4 atom stereocenters. The van der Waals surface area contributed by atoms with Crippen LogP contribution in [-0.2, 0) is 4.74 Å². The first-order chi connectivity index (χ1) is 15.4. The molecule has 3 heterocycles. The van der Waals surface area contributed by atoms with Crippen molar-refractivity contribution < 1.29 is 14.6 Å². The largest absolute Gasteiger partial charge is 0.384 e. The van der Waals surface area contributed by atoms with Crippen molar-refractivity contribution in [3.05, 3.63) is 59.9 Å². The second-order valence-electron chi connectivity index (χ2n) is 9.17. The van der Waals surface area contributed by atoms with E-state index in [1.54, 1.807) is 19.2 Å². The van der Waals surface area contributed by atoms with Crippen molar-refractivity contribution in [1.29, 1.82) is 0 Å². The van der Waals surface area contributed by atoms with Crippen LogP contribution in [0.3, 0.4) is 0 Å². The number of hydrogen-bond donors (Lipinski definition) is 4. The lowest BCUT2D eigenvalue weighted by Gasteiger charge is -2.44. The van der Waals surface area contributed by atoms with Gasteiger partial charge in [0.15, 0.2) is 0 Å². The van der Waals surface area contributed by atoms with Crippen LogP contribution in [0.2, 0.25) is 0 Å². The van der Waals surface area contributed by atoms with Gasteiger partial charge in [-0.25, -0.2) is 4.98 Å². The quantitative estimate of drug-likeness (QED) is 0.472. The summed E-state index contributed by atoms with van der Waals surface area (Å²) in [5, 5.41) is 14.9. The number of benzene rings is 1. The number of nitrogens with one attached hydrogen (secondary N) is 2. The standard InChI is InChI=1S/C24H29N5O3/c1-24(31)14-32-21(16-6-7-22(25)26-10-16)13-29(24)12-18-8-17(18)11-27-23(30)20-9-15-4-2-3-5-19(15)28-20/h2-7,9-10,17-18,21,28,31H,8,11-14H2,1H3,(H2,25,26)(H,27,30)/t17?,18?,21-,24+/m1/s1. The molecule has 1 aliphatic heterocycles. The highest BCUT2D eigenvalue weighted by atomic mass is 16.5. The number of nitrogens with two attached hydrogens (primary N) is 1. The molecule has 0 bridgehead atoms. The molecule has 5 N–H and O–H groups in total. The van der Waals surface area contributed by atoms with Crippen LogP contribution >= 0.6 is 0 Å². The molecule has 1 saturated carbocycles. The molecule has 8 heteroatoms. The van der Waals surface area contributed by atoms with E-state index in [9.17, 15) is 9.90 Å². The monoisotopic (exact) mass is 435 g/mol. The fourth-order valence-electron chi connectivity index (χ4n) is 4.46. The lowest BCUT2D eigenvalue weighted by Crippen LogP contribution is -2.56. The maximum Gasteiger partial charge on any atom is 0.267 e. The highest BCUT2D eigenvalue weighted by molar-refractivity contribution is 5.97. The number of hydrogen-bond acceptors (Lipinski definition) is 6. The summed E-state index contributed by atoms with van der Waals surface area (Å²) in [5.74, 6) is 1.25. The molecule has 32 heavy (non-hydrogen) atoms. The Morgan fingerprint density at radius 3 is 2.97 bits per heavy atom. The van der Waals surface area contributed by atoms with Crippen LogP contribution in [0.1, 0.15) is 35.5 Å². The minimum absolute atomic E-state index is 0.0823. The van der Waals surface area contributed by atoms with Crippen LogP contribution in [-0.4, -0.2) is 57.8 Å². The van der Waals surface area contributed by atoms with Crippen molar-refractivity contribution in [2.24, 2.45) is 11.8 Å². The molecule has 5 rings (SSSR count). The molecule has 1 saturated heterocycles. The van der Waals surface area contributed by atoms with Crippen LogP contribution < -0.4 is 11.1 Å². The van der Waals surface area contributed by atoms with Crippen LogP contribution in [0.25, 0.3) is 10.9 Å². The Morgan fingerprint density at radius 1 is 1.34 bits per heavy atom. The fourth-order valence-corrected chi connectivity index (χ4v) is 4.46. The zero-order valence-electron chi connectivity index (χ0n) is 18.1. The summed E-state index contributed by atoms with van der Waals surface area (Å²) in [6, 6.07) is 13.4. The van der Waals surface area contributed by atoms with E-state index in [0.29, 0.717) is 36.4 Å². The Kier molecular flexibility index (Phi) is 5.36. The Balaban J connectivity index is 1.15. The molecule has 2 unspecified atom stereocenters. The molecule has 3 aromatic rings. The average Bonchev–Trinajstić information content (AvgIpc) is 3.37. The molecule has 8 nitrogen and oxygen atoms in total. The van der Waals surface area contributed by atoms with Gasteiger partial charge in [0.1, 0.15) is 17.2 Å². The van der Waals surface area contributed by atoms with Crippen molar-refractivity contribution in [2.45, 2.75) is 25.2 Å². The van der Waals surface area contributed by atoms with E-state index in [4.69, 9.17) is 10.5 Å². The molecule has 0 spiro atoms. The third-order valence-electron chi connectivity index (χ3n) is 6.63. The number of rotatable bonds is 6. The fraction of sp³-hybridized carbons (Fsp3) is 0.417. The van der Waals surface area contributed by atoms with Crippen LogP contribution in [0, 0.1) is 11.8 Å². The zero-order valence-corrected chi connectivity index (χ0v) is 18.1. The second-order valence-corrected chi connectivity index (χ2v) is 9.17. The molecule has 1 amide bonds. The van der Waals surface area contributed by atoms with Gasteiger partial charge < -0.3 is 25.9 Å². The highest BCUT2D eigenvalue weighted by Crippen LogP contribution is 2.41. The Morgan fingerprint density at radius 2 is 2.19 bits per heavy atom. The number of para-hydroxylation sites is 1. The number of fused-ring (bicyclic) bond motifs is 1. The number of carbonyl (C=O) groups excluding carboxylic acids is 1. The summed E-state index contributed by atoms with van der Waals surface area (Å²) >= 11 is 0. The predicted octanol–water partition coefficient (Wildman–Crippen LogP) is 2.29. The number of aromatic amines is 1. The molecular formula is C24H29N5O3. The first-order valence-corrected chi connectivity index (χ1v) is 11.1. The van der Waals surface area contributed by atoms with E-state index in [2.05, 4.69) is 20.2 Å². The number of amides is 1. The van der Waals surface area contributed by atoms with E-state index < -0.39 is 5.72 Å². The first-order valence-electron chi connectivity index (χ1n) is 11.1. The smallest absolute Gasteiger partial charge is 0.267 e. The third-order valence-corrected chi connectivity index (χ3v) is 6.63. The Bertz CT molecular complexity index is 1080. The molecule has 2 fully saturated rings. The van der Waals surface area contributed by atoms with Gasteiger partial charge in [-0.05, 0) is 43.4 Å². The number of morpholine rings is 1. The summed E-state index contributed by atoms with van der Waals surface area (Å²) in [7, 11) is 0. The minimum Gasteiger partial charge on any atom is -0.384 e. The second kappa shape index (κ2) is 8.20. The number of ether oxygens (including phenoxy) is 1. The highest BCUT2D eigenvalue weighted by Gasteiger charge is 2.44. The summed E-state index contributed by atoms with van der Waals surface area (Å²) in [6.07, 6.45) is 2.62. The average molecular weight is 436 g/mol. The lowest BCUT2D eigenvalue weighted by molar-refractivity contribution is -0.205. The van der Waals surface area contributed by atoms with Gasteiger partial charge in [0, 0.05) is 42.3 Å². The molecule has 1 aromatic carbocycles. The topological polar surface area (TPSA) is 116 Å². The van der Waals surface area contributed by atoms with Crippen molar-refractivity contribution >= 4 is 22.6 Å². The zero-order chi connectivity index (χ0) is 22.3. The third kappa shape index (κ3) is 4.34. The van der Waals surface area contributed by atoms with Crippen molar-refractivity contribution in [3.8, 4) is 0 Å².